The number of aromatic amines is 1. The summed E-state index contributed by atoms with van der Waals surface area (Å²) in [7, 11) is 0. The van der Waals surface area contributed by atoms with Crippen LogP contribution in [0.3, 0.4) is 0 Å². The molecule has 0 spiro atoms. The summed E-state index contributed by atoms with van der Waals surface area (Å²) in [6, 6.07) is 7.15. The molecule has 2 heterocycles. The van der Waals surface area contributed by atoms with Gasteiger partial charge in [-0.2, -0.15) is 0 Å². The molecule has 20 heavy (non-hydrogen) atoms. The number of fused-ring (bicyclic) bond motifs is 1. The number of rotatable bonds is 2. The molecule has 0 unspecified atom stereocenters. The van der Waals surface area contributed by atoms with Crippen LogP contribution in [-0.2, 0) is 0 Å². The Balaban J connectivity index is 2.18. The Kier molecular flexibility index (Phi) is 3.67. The van der Waals surface area contributed by atoms with Crippen LogP contribution < -0.4 is 0 Å². The van der Waals surface area contributed by atoms with Gasteiger partial charge in [-0.15, -0.1) is 0 Å². The molecule has 0 saturated carbocycles. The lowest BCUT2D eigenvalue weighted by atomic mass is 10.0. The number of H-pyrrole nitrogens is 1. The molecule has 0 aliphatic carbocycles. The summed E-state index contributed by atoms with van der Waals surface area (Å²) in [5.41, 5.74) is 1.68. The van der Waals surface area contributed by atoms with E-state index in [1.807, 2.05) is 6.07 Å². The van der Waals surface area contributed by atoms with Gasteiger partial charge in [-0.3, -0.25) is 4.79 Å². The van der Waals surface area contributed by atoms with Crippen molar-refractivity contribution in [3.63, 3.8) is 0 Å². The molecule has 1 N–H and O–H groups in total. The van der Waals surface area contributed by atoms with Crippen LogP contribution in [0.2, 0.25) is 5.02 Å². The third-order valence-corrected chi connectivity index (χ3v) is 4.67. The topological polar surface area (TPSA) is 45.8 Å². The molecular weight excluding hydrogens is 407 g/mol. The van der Waals surface area contributed by atoms with Gasteiger partial charge in [0.05, 0.1) is 5.02 Å². The van der Waals surface area contributed by atoms with E-state index in [2.05, 4.69) is 41.8 Å². The number of ketones is 1. The smallest absolute Gasteiger partial charge is 0.196 e. The first-order valence-electron chi connectivity index (χ1n) is 5.69. The number of halogens is 3. The van der Waals surface area contributed by atoms with Gasteiger partial charge >= 0.3 is 0 Å². The normalized spacial score (nSPS) is 10.9. The van der Waals surface area contributed by atoms with Gasteiger partial charge in [-0.05, 0) is 50.1 Å². The molecule has 6 heteroatoms. The molecule has 3 rings (SSSR count). The van der Waals surface area contributed by atoms with Crippen LogP contribution in [0.4, 0.5) is 0 Å². The third-order valence-electron chi connectivity index (χ3n) is 2.94. The van der Waals surface area contributed by atoms with Crippen LogP contribution in [0.25, 0.3) is 11.0 Å². The van der Waals surface area contributed by atoms with Gasteiger partial charge in [0, 0.05) is 37.9 Å². The van der Waals surface area contributed by atoms with Gasteiger partial charge in [0.15, 0.2) is 5.78 Å². The molecular formula is C14H7Br2ClN2O. The Labute approximate surface area is 136 Å². The standard InChI is InChI=1S/C14H7Br2ClN2O/c15-7-4-9-10(6-19-14(9)18-5-7)13(20)8-2-1-3-11(16)12(8)17/h1-6H,(H,18,19). The van der Waals surface area contributed by atoms with Crippen LogP contribution in [0.15, 0.2) is 45.6 Å². The quantitative estimate of drug-likeness (QED) is 0.602. The predicted octanol–water partition coefficient (Wildman–Crippen LogP) is 4.97. The van der Waals surface area contributed by atoms with Crippen molar-refractivity contribution in [1.29, 1.82) is 0 Å². The average Bonchev–Trinajstić information content (AvgIpc) is 2.84. The maximum Gasteiger partial charge on any atom is 0.196 e. The Morgan fingerprint density at radius 3 is 2.85 bits per heavy atom. The van der Waals surface area contributed by atoms with Crippen molar-refractivity contribution in [2.24, 2.45) is 0 Å². The number of carbonyl (C=O) groups excluding carboxylic acids is 1. The van der Waals surface area contributed by atoms with Crippen LogP contribution in [0, 0.1) is 0 Å². The number of carbonyl (C=O) groups is 1. The zero-order valence-corrected chi connectivity index (χ0v) is 13.9. The van der Waals surface area contributed by atoms with Crippen LogP contribution in [-0.4, -0.2) is 15.8 Å². The summed E-state index contributed by atoms with van der Waals surface area (Å²) in [6.45, 7) is 0. The van der Waals surface area contributed by atoms with E-state index < -0.39 is 0 Å². The molecule has 0 amide bonds. The summed E-state index contributed by atoms with van der Waals surface area (Å²) < 4.78 is 1.52. The second-order valence-corrected chi connectivity index (χ2v) is 6.33. The summed E-state index contributed by atoms with van der Waals surface area (Å²) >= 11 is 12.9. The maximum atomic E-state index is 12.6. The number of hydrogen-bond donors (Lipinski definition) is 1. The number of nitrogens with zero attached hydrogens (tertiary/aromatic N) is 1. The van der Waals surface area contributed by atoms with Gasteiger partial charge < -0.3 is 4.98 Å². The number of hydrogen-bond acceptors (Lipinski definition) is 2. The molecule has 0 bridgehead atoms. The second kappa shape index (κ2) is 5.31. The largest absolute Gasteiger partial charge is 0.345 e. The van der Waals surface area contributed by atoms with E-state index in [-0.39, 0.29) is 5.78 Å². The minimum atomic E-state index is -0.137. The van der Waals surface area contributed by atoms with Gasteiger partial charge in [-0.1, -0.05) is 17.7 Å². The zero-order valence-electron chi connectivity index (χ0n) is 9.95. The van der Waals surface area contributed by atoms with E-state index in [4.69, 9.17) is 11.6 Å². The van der Waals surface area contributed by atoms with Gasteiger partial charge in [0.25, 0.3) is 0 Å². The first kappa shape index (κ1) is 13.8. The van der Waals surface area contributed by atoms with Crippen LogP contribution >= 0.6 is 43.5 Å². The number of pyridine rings is 1. The Morgan fingerprint density at radius 2 is 2.05 bits per heavy atom. The lowest BCUT2D eigenvalue weighted by molar-refractivity contribution is 0.104. The maximum absolute atomic E-state index is 12.6. The highest BCUT2D eigenvalue weighted by Crippen LogP contribution is 2.30. The van der Waals surface area contributed by atoms with Crippen molar-refractivity contribution in [3.05, 3.63) is 61.8 Å². The number of aromatic nitrogens is 2. The zero-order chi connectivity index (χ0) is 14.3. The highest BCUT2D eigenvalue weighted by molar-refractivity contribution is 9.10. The highest BCUT2D eigenvalue weighted by Gasteiger charge is 2.18. The van der Waals surface area contributed by atoms with Crippen molar-refractivity contribution < 1.29 is 4.79 Å². The fraction of sp³-hybridized carbons (Fsp3) is 0. The van der Waals surface area contributed by atoms with Crippen molar-refractivity contribution in [3.8, 4) is 0 Å². The van der Waals surface area contributed by atoms with Crippen LogP contribution in [0.5, 0.6) is 0 Å². The lowest BCUT2D eigenvalue weighted by Gasteiger charge is -2.04. The minimum absolute atomic E-state index is 0.137. The minimum Gasteiger partial charge on any atom is -0.345 e. The number of nitrogens with one attached hydrogen (secondary N) is 1. The fourth-order valence-electron chi connectivity index (χ4n) is 1.99. The molecule has 0 fully saturated rings. The summed E-state index contributed by atoms with van der Waals surface area (Å²) in [6.07, 6.45) is 3.34. The average molecular weight is 414 g/mol. The Hall–Kier alpha value is -1.17. The molecule has 0 radical (unpaired) electrons. The first-order valence-corrected chi connectivity index (χ1v) is 7.65. The Morgan fingerprint density at radius 1 is 1.25 bits per heavy atom. The molecule has 0 aliphatic rings. The molecule has 0 atom stereocenters. The molecule has 100 valence electrons. The van der Waals surface area contributed by atoms with E-state index >= 15 is 0 Å². The molecule has 2 aromatic heterocycles. The fourth-order valence-corrected chi connectivity index (χ4v) is 2.90. The van der Waals surface area contributed by atoms with Crippen LogP contribution in [0.1, 0.15) is 15.9 Å². The lowest BCUT2D eigenvalue weighted by Crippen LogP contribution is -2.01. The van der Waals surface area contributed by atoms with Crippen molar-refractivity contribution in [1.82, 2.24) is 9.97 Å². The second-order valence-electron chi connectivity index (χ2n) is 4.18. The summed E-state index contributed by atoms with van der Waals surface area (Å²) in [5, 5.41) is 1.18. The van der Waals surface area contributed by atoms with E-state index in [9.17, 15) is 4.79 Å². The molecule has 1 aromatic carbocycles. The van der Waals surface area contributed by atoms with Crippen molar-refractivity contribution in [2.45, 2.75) is 0 Å². The van der Waals surface area contributed by atoms with E-state index in [1.165, 1.54) is 0 Å². The van der Waals surface area contributed by atoms with E-state index in [1.54, 1.807) is 30.6 Å². The monoisotopic (exact) mass is 412 g/mol. The first-order chi connectivity index (χ1) is 9.58. The molecule has 0 saturated heterocycles. The third kappa shape index (κ3) is 2.30. The SMILES string of the molecule is O=C(c1cccc(Br)c1Cl)c1c[nH]c2ncc(Br)cc12. The van der Waals surface area contributed by atoms with Gasteiger partial charge in [-0.25, -0.2) is 4.98 Å². The molecule has 0 aliphatic heterocycles. The molecule has 3 aromatic rings. The molecule has 3 nitrogen and oxygen atoms in total. The summed E-state index contributed by atoms with van der Waals surface area (Å²) in [5.74, 6) is -0.137. The highest BCUT2D eigenvalue weighted by atomic mass is 79.9. The van der Waals surface area contributed by atoms with Gasteiger partial charge in [0.1, 0.15) is 5.65 Å². The van der Waals surface area contributed by atoms with E-state index in [0.717, 1.165) is 9.86 Å². The van der Waals surface area contributed by atoms with E-state index in [0.29, 0.717) is 26.3 Å². The Bertz CT molecular complexity index is 829. The van der Waals surface area contributed by atoms with Gasteiger partial charge in [0.2, 0.25) is 0 Å². The number of benzene rings is 1. The summed E-state index contributed by atoms with van der Waals surface area (Å²) in [4.78, 5) is 19.9. The van der Waals surface area contributed by atoms with Crippen molar-refractivity contribution in [2.75, 3.05) is 0 Å². The van der Waals surface area contributed by atoms with Crippen molar-refractivity contribution >= 4 is 60.3 Å². The predicted molar refractivity (Wildman–Crippen MR) is 86.4 cm³/mol.